The van der Waals surface area contributed by atoms with Crippen LogP contribution < -0.4 is 4.90 Å². The lowest BCUT2D eigenvalue weighted by Gasteiger charge is -2.27. The number of anilines is 3. The molecule has 2 heterocycles. The van der Waals surface area contributed by atoms with E-state index in [0.717, 1.165) is 66.8 Å². The Morgan fingerprint density at radius 1 is 0.370 bits per heavy atom. The molecule has 0 saturated heterocycles. The van der Waals surface area contributed by atoms with Crippen LogP contribution in [-0.4, -0.2) is 15.0 Å². The second-order valence-electron chi connectivity index (χ2n) is 13.2. The van der Waals surface area contributed by atoms with Crippen molar-refractivity contribution in [3.63, 3.8) is 0 Å². The third kappa shape index (κ3) is 5.65. The van der Waals surface area contributed by atoms with E-state index in [0.29, 0.717) is 17.5 Å². The molecule has 0 radical (unpaired) electrons. The SMILES string of the molecule is c1ccc(-c2nc(-c3ccccc3)nc(-c3ccc4c(c3)oc3cccc(-c5cccc(N(c6ccccc6)c6cccc7ccccc67)c5)c34)n2)cc1. The standard InChI is InChI=1S/C49H32N4O/c1-4-16-34(17-5-1)47-50-48(35-18-6-2-7-19-35)52-49(51-47)37-29-30-42-45(32-37)54-44-28-14-26-41(46(42)44)36-21-12-24-39(31-36)53(38-22-8-3-9-23-38)43-27-13-20-33-15-10-11-25-40(33)43/h1-32H. The van der Waals surface area contributed by atoms with Crippen LogP contribution in [0.4, 0.5) is 17.1 Å². The van der Waals surface area contributed by atoms with Crippen molar-refractivity contribution < 1.29 is 4.42 Å². The van der Waals surface area contributed by atoms with E-state index in [-0.39, 0.29) is 0 Å². The maximum absolute atomic E-state index is 6.59. The maximum atomic E-state index is 6.59. The van der Waals surface area contributed by atoms with Gasteiger partial charge >= 0.3 is 0 Å². The lowest BCUT2D eigenvalue weighted by molar-refractivity contribution is 0.669. The van der Waals surface area contributed by atoms with Gasteiger partial charge in [-0.05, 0) is 65.0 Å². The Morgan fingerprint density at radius 3 is 1.69 bits per heavy atom. The molecule has 2 aromatic heterocycles. The van der Waals surface area contributed by atoms with Gasteiger partial charge in [0.1, 0.15) is 11.2 Å². The topological polar surface area (TPSA) is 55.1 Å². The van der Waals surface area contributed by atoms with Crippen LogP contribution in [0.1, 0.15) is 0 Å². The highest BCUT2D eigenvalue weighted by Gasteiger charge is 2.19. The molecule has 0 spiro atoms. The normalized spacial score (nSPS) is 11.3. The Morgan fingerprint density at radius 2 is 0.944 bits per heavy atom. The Kier molecular flexibility index (Phi) is 7.73. The summed E-state index contributed by atoms with van der Waals surface area (Å²) in [5.74, 6) is 1.84. The Balaban J connectivity index is 1.10. The van der Waals surface area contributed by atoms with E-state index in [1.54, 1.807) is 0 Å². The summed E-state index contributed by atoms with van der Waals surface area (Å²) >= 11 is 0. The summed E-state index contributed by atoms with van der Waals surface area (Å²) in [5, 5.41) is 4.49. The third-order valence-electron chi connectivity index (χ3n) is 9.89. The second kappa shape index (κ2) is 13.3. The highest BCUT2D eigenvalue weighted by molar-refractivity contribution is 6.13. The summed E-state index contributed by atoms with van der Waals surface area (Å²) in [6.45, 7) is 0. The van der Waals surface area contributed by atoms with Crippen LogP contribution in [0.3, 0.4) is 0 Å². The van der Waals surface area contributed by atoms with Gasteiger partial charge in [0.05, 0.1) is 5.69 Å². The molecule has 0 unspecified atom stereocenters. The molecule has 10 rings (SSSR count). The molecule has 0 saturated carbocycles. The van der Waals surface area contributed by atoms with Gasteiger partial charge in [0, 0.05) is 44.2 Å². The number of furan rings is 1. The van der Waals surface area contributed by atoms with Gasteiger partial charge in [-0.15, -0.1) is 0 Å². The van der Waals surface area contributed by atoms with Crippen molar-refractivity contribution >= 4 is 49.8 Å². The molecular formula is C49H32N4O. The first-order chi connectivity index (χ1) is 26.8. The molecule has 0 N–H and O–H groups in total. The van der Waals surface area contributed by atoms with E-state index in [2.05, 4.69) is 126 Å². The molecule has 0 aliphatic carbocycles. The summed E-state index contributed by atoms with van der Waals surface area (Å²) < 4.78 is 6.59. The lowest BCUT2D eigenvalue weighted by atomic mass is 9.98. The van der Waals surface area contributed by atoms with Crippen LogP contribution in [-0.2, 0) is 0 Å². The average Bonchev–Trinajstić information content (AvgIpc) is 3.63. The molecule has 8 aromatic carbocycles. The number of hydrogen-bond donors (Lipinski definition) is 0. The highest BCUT2D eigenvalue weighted by Crippen LogP contribution is 2.42. The Hall–Kier alpha value is -7.37. The van der Waals surface area contributed by atoms with Gasteiger partial charge in [0.2, 0.25) is 0 Å². The molecular weight excluding hydrogens is 661 g/mol. The van der Waals surface area contributed by atoms with Crippen LogP contribution in [0.2, 0.25) is 0 Å². The summed E-state index contributed by atoms with van der Waals surface area (Å²) in [7, 11) is 0. The molecule has 54 heavy (non-hydrogen) atoms. The molecule has 5 heteroatoms. The summed E-state index contributed by atoms with van der Waals surface area (Å²) in [6.07, 6.45) is 0. The number of aromatic nitrogens is 3. The largest absolute Gasteiger partial charge is 0.456 e. The van der Waals surface area contributed by atoms with E-state index in [1.165, 1.54) is 10.8 Å². The van der Waals surface area contributed by atoms with E-state index >= 15 is 0 Å². The van der Waals surface area contributed by atoms with Gasteiger partial charge in [-0.3, -0.25) is 0 Å². The third-order valence-corrected chi connectivity index (χ3v) is 9.89. The van der Waals surface area contributed by atoms with Crippen LogP contribution in [0.5, 0.6) is 0 Å². The zero-order valence-corrected chi connectivity index (χ0v) is 29.2. The molecule has 0 aliphatic heterocycles. The predicted octanol–water partition coefficient (Wildman–Crippen LogP) is 13.1. The van der Waals surface area contributed by atoms with Gasteiger partial charge in [0.25, 0.3) is 0 Å². The quantitative estimate of drug-likeness (QED) is 0.166. The maximum Gasteiger partial charge on any atom is 0.164 e. The van der Waals surface area contributed by atoms with Crippen molar-refractivity contribution in [2.75, 3.05) is 4.90 Å². The molecule has 0 fully saturated rings. The lowest BCUT2D eigenvalue weighted by Crippen LogP contribution is -2.10. The number of hydrogen-bond acceptors (Lipinski definition) is 5. The summed E-state index contributed by atoms with van der Waals surface area (Å²) in [4.78, 5) is 17.1. The number of rotatable bonds is 7. The first-order valence-electron chi connectivity index (χ1n) is 18.0. The van der Waals surface area contributed by atoms with Crippen LogP contribution in [0.15, 0.2) is 199 Å². The van der Waals surface area contributed by atoms with Gasteiger partial charge in [0.15, 0.2) is 17.5 Å². The first-order valence-corrected chi connectivity index (χ1v) is 18.0. The smallest absolute Gasteiger partial charge is 0.164 e. The second-order valence-corrected chi connectivity index (χ2v) is 13.2. The van der Waals surface area contributed by atoms with Gasteiger partial charge in [-0.25, -0.2) is 15.0 Å². The van der Waals surface area contributed by atoms with Crippen LogP contribution >= 0.6 is 0 Å². The minimum absolute atomic E-state index is 0.590. The molecule has 0 aliphatic rings. The molecule has 254 valence electrons. The average molecular weight is 693 g/mol. The minimum Gasteiger partial charge on any atom is -0.456 e. The van der Waals surface area contributed by atoms with E-state index in [1.807, 2.05) is 72.8 Å². The van der Waals surface area contributed by atoms with Crippen molar-refractivity contribution in [3.05, 3.63) is 194 Å². The van der Waals surface area contributed by atoms with E-state index < -0.39 is 0 Å². The van der Waals surface area contributed by atoms with Crippen molar-refractivity contribution in [2.24, 2.45) is 0 Å². The minimum atomic E-state index is 0.590. The number of nitrogens with zero attached hydrogens (tertiary/aromatic N) is 4. The zero-order valence-electron chi connectivity index (χ0n) is 29.2. The zero-order chi connectivity index (χ0) is 35.8. The van der Waals surface area contributed by atoms with E-state index in [4.69, 9.17) is 19.4 Å². The molecule has 10 aromatic rings. The predicted molar refractivity (Wildman–Crippen MR) is 221 cm³/mol. The molecule has 0 amide bonds. The fourth-order valence-corrected chi connectivity index (χ4v) is 7.36. The van der Waals surface area contributed by atoms with Gasteiger partial charge in [-0.1, -0.05) is 146 Å². The fourth-order valence-electron chi connectivity index (χ4n) is 7.36. The summed E-state index contributed by atoms with van der Waals surface area (Å²) in [6, 6.07) is 67.0. The highest BCUT2D eigenvalue weighted by atomic mass is 16.3. The Bertz CT molecular complexity index is 2880. The van der Waals surface area contributed by atoms with E-state index in [9.17, 15) is 0 Å². The number of para-hydroxylation sites is 1. The summed E-state index contributed by atoms with van der Waals surface area (Å²) in [5.41, 5.74) is 9.81. The van der Waals surface area contributed by atoms with Crippen molar-refractivity contribution in [1.29, 1.82) is 0 Å². The van der Waals surface area contributed by atoms with Crippen molar-refractivity contribution in [3.8, 4) is 45.3 Å². The fraction of sp³-hybridized carbons (Fsp3) is 0. The Labute approximate surface area is 312 Å². The molecule has 5 nitrogen and oxygen atoms in total. The van der Waals surface area contributed by atoms with Crippen molar-refractivity contribution in [2.45, 2.75) is 0 Å². The number of benzene rings is 8. The van der Waals surface area contributed by atoms with Crippen LogP contribution in [0, 0.1) is 0 Å². The molecule has 0 bridgehead atoms. The van der Waals surface area contributed by atoms with Gasteiger partial charge in [-0.2, -0.15) is 0 Å². The van der Waals surface area contributed by atoms with Gasteiger partial charge < -0.3 is 9.32 Å². The van der Waals surface area contributed by atoms with Crippen molar-refractivity contribution in [1.82, 2.24) is 15.0 Å². The molecule has 0 atom stereocenters. The monoisotopic (exact) mass is 692 g/mol. The first kappa shape index (κ1) is 31.4. The van der Waals surface area contributed by atoms with Crippen LogP contribution in [0.25, 0.3) is 78.0 Å². The number of fused-ring (bicyclic) bond motifs is 4.